The number of benzene rings is 1. The van der Waals surface area contributed by atoms with Gasteiger partial charge in [0.2, 0.25) is 0 Å². The number of esters is 1. The molecule has 0 aliphatic carbocycles. The normalized spacial score (nSPS) is 15.4. The van der Waals surface area contributed by atoms with E-state index in [1.807, 2.05) is 0 Å². The molecule has 0 aromatic heterocycles. The Kier molecular flexibility index (Phi) is 3.11. The van der Waals surface area contributed by atoms with Crippen LogP contribution in [0.25, 0.3) is 5.57 Å². The molecule has 5 nitrogen and oxygen atoms in total. The summed E-state index contributed by atoms with van der Waals surface area (Å²) in [6, 6.07) is 8.63. The van der Waals surface area contributed by atoms with Gasteiger partial charge >= 0.3 is 5.97 Å². The molecule has 0 saturated carbocycles. The number of carbonyl (C=O) groups is 2. The van der Waals surface area contributed by atoms with Crippen LogP contribution in [0.2, 0.25) is 0 Å². The summed E-state index contributed by atoms with van der Waals surface area (Å²) in [7, 11) is 0. The third-order valence-electron chi connectivity index (χ3n) is 2.51. The van der Waals surface area contributed by atoms with E-state index < -0.39 is 11.9 Å². The highest BCUT2D eigenvalue weighted by Crippen LogP contribution is 2.33. The van der Waals surface area contributed by atoms with Crippen molar-refractivity contribution in [3.63, 3.8) is 0 Å². The average Bonchev–Trinajstić information content (AvgIpc) is 2.68. The number of fused-ring (bicyclic) bond motifs is 1. The first-order valence-electron chi connectivity index (χ1n) is 5.41. The largest absolute Gasteiger partial charge is 0.462 e. The Morgan fingerprint density at radius 1 is 1.44 bits per heavy atom. The molecule has 0 bridgehead atoms. The molecule has 1 aromatic rings. The number of carbonyl (C=O) groups excluding carboxylic acids is 2. The van der Waals surface area contributed by atoms with Gasteiger partial charge in [0.25, 0.3) is 5.91 Å². The van der Waals surface area contributed by atoms with Crippen LogP contribution >= 0.6 is 0 Å². The minimum atomic E-state index is -0.776. The number of ether oxygens (including phenoxy) is 1. The lowest BCUT2D eigenvalue weighted by atomic mass is 10.0. The number of para-hydroxylation sites is 1. The number of nitrogens with zero attached hydrogens (tertiary/aromatic N) is 1. The Balaban J connectivity index is 2.58. The van der Waals surface area contributed by atoms with Gasteiger partial charge < -0.3 is 10.1 Å². The number of rotatable bonds is 2. The second-order valence-corrected chi connectivity index (χ2v) is 3.58. The summed E-state index contributed by atoms with van der Waals surface area (Å²) in [4.78, 5) is 23.4. The topological polar surface area (TPSA) is 79.2 Å². The zero-order valence-corrected chi connectivity index (χ0v) is 9.69. The van der Waals surface area contributed by atoms with E-state index in [0.717, 1.165) is 0 Å². The van der Waals surface area contributed by atoms with Crippen molar-refractivity contribution in [2.75, 3.05) is 11.9 Å². The quantitative estimate of drug-likeness (QED) is 0.484. The highest BCUT2D eigenvalue weighted by molar-refractivity contribution is 6.35. The van der Waals surface area contributed by atoms with Crippen molar-refractivity contribution >= 4 is 23.1 Å². The minimum Gasteiger partial charge on any atom is -0.462 e. The molecule has 1 N–H and O–H groups in total. The van der Waals surface area contributed by atoms with Crippen LogP contribution in [-0.4, -0.2) is 18.5 Å². The molecular formula is C13H10N2O3. The molecule has 18 heavy (non-hydrogen) atoms. The third kappa shape index (κ3) is 1.84. The lowest BCUT2D eigenvalue weighted by Crippen LogP contribution is -2.13. The van der Waals surface area contributed by atoms with E-state index in [1.165, 1.54) is 0 Å². The Hall–Kier alpha value is -2.61. The fourth-order valence-corrected chi connectivity index (χ4v) is 1.77. The Bertz CT molecular complexity index is 596. The van der Waals surface area contributed by atoms with Gasteiger partial charge in [0.15, 0.2) is 5.57 Å². The molecule has 1 aliphatic heterocycles. The fourth-order valence-electron chi connectivity index (χ4n) is 1.77. The van der Waals surface area contributed by atoms with E-state index in [9.17, 15) is 9.59 Å². The molecule has 90 valence electrons. The van der Waals surface area contributed by atoms with Gasteiger partial charge in [-0.25, -0.2) is 4.79 Å². The highest BCUT2D eigenvalue weighted by atomic mass is 16.5. The van der Waals surface area contributed by atoms with Crippen LogP contribution in [0.15, 0.2) is 29.8 Å². The van der Waals surface area contributed by atoms with Gasteiger partial charge in [-0.1, -0.05) is 18.2 Å². The van der Waals surface area contributed by atoms with Crippen LogP contribution in [-0.2, 0) is 14.3 Å². The molecule has 0 spiro atoms. The van der Waals surface area contributed by atoms with Gasteiger partial charge in [0.05, 0.1) is 12.2 Å². The van der Waals surface area contributed by atoms with Crippen LogP contribution in [0.1, 0.15) is 12.5 Å². The number of amides is 1. The molecule has 1 aromatic carbocycles. The van der Waals surface area contributed by atoms with E-state index in [4.69, 9.17) is 10.00 Å². The second kappa shape index (κ2) is 4.72. The Morgan fingerprint density at radius 2 is 2.17 bits per heavy atom. The number of anilines is 1. The van der Waals surface area contributed by atoms with Crippen LogP contribution in [0.3, 0.4) is 0 Å². The van der Waals surface area contributed by atoms with Gasteiger partial charge in [-0.05, 0) is 13.0 Å². The first kappa shape index (κ1) is 11.9. The molecule has 0 unspecified atom stereocenters. The van der Waals surface area contributed by atoms with Crippen molar-refractivity contribution in [3.8, 4) is 6.07 Å². The summed E-state index contributed by atoms with van der Waals surface area (Å²) in [6.45, 7) is 1.79. The lowest BCUT2D eigenvalue weighted by molar-refractivity contribution is -0.138. The first-order chi connectivity index (χ1) is 8.69. The second-order valence-electron chi connectivity index (χ2n) is 3.58. The van der Waals surface area contributed by atoms with E-state index in [0.29, 0.717) is 11.3 Å². The van der Waals surface area contributed by atoms with Crippen molar-refractivity contribution in [2.24, 2.45) is 0 Å². The molecule has 0 atom stereocenters. The van der Waals surface area contributed by atoms with Gasteiger partial charge in [0.1, 0.15) is 6.07 Å². The first-order valence-corrected chi connectivity index (χ1v) is 5.41. The molecule has 0 radical (unpaired) electrons. The molecular weight excluding hydrogens is 232 g/mol. The van der Waals surface area contributed by atoms with Gasteiger partial charge in [-0.2, -0.15) is 5.26 Å². The molecule has 2 rings (SSSR count). The van der Waals surface area contributed by atoms with Crippen LogP contribution in [0.4, 0.5) is 5.69 Å². The van der Waals surface area contributed by atoms with Crippen molar-refractivity contribution in [2.45, 2.75) is 6.92 Å². The minimum absolute atomic E-state index is 0.0755. The predicted octanol–water partition coefficient (Wildman–Crippen LogP) is 1.48. The monoisotopic (exact) mass is 242 g/mol. The van der Waals surface area contributed by atoms with Crippen molar-refractivity contribution in [1.29, 1.82) is 5.26 Å². The van der Waals surface area contributed by atoms with Gasteiger partial charge in [-0.3, -0.25) is 4.79 Å². The number of nitrogens with one attached hydrogen (secondary N) is 1. The van der Waals surface area contributed by atoms with Crippen LogP contribution in [0, 0.1) is 11.3 Å². The van der Waals surface area contributed by atoms with E-state index in [2.05, 4.69) is 5.32 Å². The smallest absolute Gasteiger partial charge is 0.349 e. The number of hydrogen-bond donors (Lipinski definition) is 1. The zero-order chi connectivity index (χ0) is 13.1. The average molecular weight is 242 g/mol. The predicted molar refractivity (Wildman–Crippen MR) is 64.2 cm³/mol. The summed E-state index contributed by atoms with van der Waals surface area (Å²) in [5.74, 6) is -1.23. The maximum absolute atomic E-state index is 11.8. The summed E-state index contributed by atoms with van der Waals surface area (Å²) in [5, 5.41) is 11.6. The lowest BCUT2D eigenvalue weighted by Gasteiger charge is -2.02. The number of hydrogen-bond acceptors (Lipinski definition) is 4. The van der Waals surface area contributed by atoms with Crippen molar-refractivity contribution in [3.05, 3.63) is 35.4 Å². The zero-order valence-electron chi connectivity index (χ0n) is 9.69. The van der Waals surface area contributed by atoms with E-state index >= 15 is 0 Å². The maximum atomic E-state index is 11.8. The molecule has 0 fully saturated rings. The number of nitriles is 1. The molecule has 5 heteroatoms. The Labute approximate surface area is 104 Å². The maximum Gasteiger partial charge on any atom is 0.349 e. The molecule has 1 aliphatic rings. The van der Waals surface area contributed by atoms with Crippen LogP contribution in [0.5, 0.6) is 0 Å². The third-order valence-corrected chi connectivity index (χ3v) is 2.51. The summed E-state index contributed by atoms with van der Waals surface area (Å²) >= 11 is 0. The van der Waals surface area contributed by atoms with Gasteiger partial charge in [0, 0.05) is 11.3 Å². The summed E-state index contributed by atoms with van der Waals surface area (Å²) < 4.78 is 4.77. The molecule has 0 saturated heterocycles. The summed E-state index contributed by atoms with van der Waals surface area (Å²) in [5.41, 5.74) is 0.951. The highest BCUT2D eigenvalue weighted by Gasteiger charge is 2.30. The standard InChI is InChI=1S/C13H10N2O3/c1-2-18-13(17)9(7-14)11-8-5-3-4-6-10(8)15-12(11)16/h3-6H,2H2,1H3,(H,15,16)/b11-9-. The van der Waals surface area contributed by atoms with Crippen molar-refractivity contribution < 1.29 is 14.3 Å². The van der Waals surface area contributed by atoms with E-state index in [1.54, 1.807) is 37.3 Å². The Morgan fingerprint density at radius 3 is 2.83 bits per heavy atom. The van der Waals surface area contributed by atoms with Crippen molar-refractivity contribution in [1.82, 2.24) is 0 Å². The van der Waals surface area contributed by atoms with Gasteiger partial charge in [-0.15, -0.1) is 0 Å². The summed E-state index contributed by atoms with van der Waals surface area (Å²) in [6.07, 6.45) is 0. The van der Waals surface area contributed by atoms with Crippen LogP contribution < -0.4 is 5.32 Å². The SMILES string of the molecule is CCOC(=O)/C(C#N)=C1\C(=O)Nc2ccccc21. The van der Waals surface area contributed by atoms with E-state index in [-0.39, 0.29) is 17.8 Å². The fraction of sp³-hybridized carbons (Fsp3) is 0.154. The molecule has 1 amide bonds. The molecule has 1 heterocycles.